The van der Waals surface area contributed by atoms with Gasteiger partial charge in [-0.05, 0) is 29.8 Å². The molecule has 0 saturated carbocycles. The minimum Gasteiger partial charge on any atom is -0.399 e. The minimum atomic E-state index is -0.658. The first-order valence-electron chi connectivity index (χ1n) is 4.72. The number of nitrogens with two attached hydrogens (primary N) is 2. The Morgan fingerprint density at radius 3 is 2.06 bits per heavy atom. The Labute approximate surface area is 92.2 Å². The van der Waals surface area contributed by atoms with E-state index in [1.165, 1.54) is 6.08 Å². The Bertz CT molecular complexity index is 524. The summed E-state index contributed by atoms with van der Waals surface area (Å²) in [5.74, 6) is -1.24. The number of nitrogen functional groups attached to an aromatic ring is 1. The Balaban J connectivity index is 2.46. The predicted octanol–water partition coefficient (Wildman–Crippen LogP) is 0.647. The molecule has 0 radical (unpaired) electrons. The molecule has 0 saturated heterocycles. The molecule has 1 aromatic carbocycles. The summed E-state index contributed by atoms with van der Waals surface area (Å²) < 4.78 is 0. The van der Waals surface area contributed by atoms with Gasteiger partial charge < -0.3 is 11.5 Å². The van der Waals surface area contributed by atoms with Crippen molar-refractivity contribution >= 4 is 22.8 Å². The number of ketones is 2. The number of carbonyl (C=O) groups is 2. The van der Waals surface area contributed by atoms with E-state index < -0.39 is 11.6 Å². The van der Waals surface area contributed by atoms with Crippen LogP contribution >= 0.6 is 0 Å². The van der Waals surface area contributed by atoms with Crippen molar-refractivity contribution in [1.82, 2.24) is 0 Å². The zero-order valence-corrected chi connectivity index (χ0v) is 8.44. The van der Waals surface area contributed by atoms with E-state index in [4.69, 9.17) is 11.5 Å². The summed E-state index contributed by atoms with van der Waals surface area (Å²) >= 11 is 0. The second-order valence-electron chi connectivity index (χ2n) is 3.48. The SMILES string of the molecule is NC1=CC=C(c2ccc(N)cc2)C(=O)C1=O. The highest BCUT2D eigenvalue weighted by molar-refractivity contribution is 6.59. The van der Waals surface area contributed by atoms with Gasteiger partial charge in [0.1, 0.15) is 0 Å². The van der Waals surface area contributed by atoms with Crippen LogP contribution in [-0.2, 0) is 9.59 Å². The molecule has 2 rings (SSSR count). The third kappa shape index (κ3) is 1.61. The molecule has 0 heterocycles. The fraction of sp³-hybridized carbons (Fsp3) is 0. The molecule has 4 heteroatoms. The molecule has 0 bridgehead atoms. The fourth-order valence-corrected chi connectivity index (χ4v) is 1.47. The van der Waals surface area contributed by atoms with Gasteiger partial charge in [-0.25, -0.2) is 0 Å². The van der Waals surface area contributed by atoms with Crippen LogP contribution in [0.15, 0.2) is 42.1 Å². The first kappa shape index (κ1) is 10.2. The van der Waals surface area contributed by atoms with E-state index in [-0.39, 0.29) is 5.70 Å². The highest BCUT2D eigenvalue weighted by Crippen LogP contribution is 2.21. The quantitative estimate of drug-likeness (QED) is 0.408. The Kier molecular flexibility index (Phi) is 2.32. The van der Waals surface area contributed by atoms with E-state index in [0.717, 1.165) is 0 Å². The van der Waals surface area contributed by atoms with Crippen LogP contribution in [0.1, 0.15) is 5.56 Å². The molecule has 80 valence electrons. The molecule has 0 atom stereocenters. The van der Waals surface area contributed by atoms with Gasteiger partial charge in [-0.1, -0.05) is 12.1 Å². The number of Topliss-reactive ketones (excluding diaryl/α,β-unsaturated/α-hetero) is 2. The van der Waals surface area contributed by atoms with Crippen LogP contribution < -0.4 is 11.5 Å². The maximum absolute atomic E-state index is 11.7. The molecule has 0 amide bonds. The van der Waals surface area contributed by atoms with E-state index in [9.17, 15) is 9.59 Å². The normalized spacial score (nSPS) is 15.8. The number of anilines is 1. The van der Waals surface area contributed by atoms with E-state index >= 15 is 0 Å². The Morgan fingerprint density at radius 2 is 1.44 bits per heavy atom. The molecule has 1 aliphatic carbocycles. The van der Waals surface area contributed by atoms with Crippen LogP contribution in [0.4, 0.5) is 5.69 Å². The van der Waals surface area contributed by atoms with Crippen molar-refractivity contribution in [3.05, 3.63) is 47.7 Å². The van der Waals surface area contributed by atoms with Crippen LogP contribution in [0.2, 0.25) is 0 Å². The van der Waals surface area contributed by atoms with Gasteiger partial charge >= 0.3 is 0 Å². The first-order valence-corrected chi connectivity index (χ1v) is 4.72. The molecule has 4 N–H and O–H groups in total. The topological polar surface area (TPSA) is 86.2 Å². The Hall–Kier alpha value is -2.36. The highest BCUT2D eigenvalue weighted by atomic mass is 16.2. The van der Waals surface area contributed by atoms with Gasteiger partial charge in [0.2, 0.25) is 11.6 Å². The van der Waals surface area contributed by atoms with E-state index in [1.54, 1.807) is 30.3 Å². The number of benzene rings is 1. The summed E-state index contributed by atoms with van der Waals surface area (Å²) in [6, 6.07) is 6.74. The first-order chi connectivity index (χ1) is 7.59. The third-order valence-electron chi connectivity index (χ3n) is 2.36. The smallest absolute Gasteiger partial charge is 0.249 e. The molecule has 0 fully saturated rings. The summed E-state index contributed by atoms with van der Waals surface area (Å²) in [6.07, 6.45) is 2.99. The molecule has 0 spiro atoms. The van der Waals surface area contributed by atoms with Crippen molar-refractivity contribution in [1.29, 1.82) is 0 Å². The summed E-state index contributed by atoms with van der Waals surface area (Å²) in [7, 11) is 0. The van der Waals surface area contributed by atoms with Gasteiger partial charge in [0.25, 0.3) is 0 Å². The van der Waals surface area contributed by atoms with Crippen molar-refractivity contribution in [2.24, 2.45) is 5.73 Å². The zero-order valence-electron chi connectivity index (χ0n) is 8.44. The molecule has 1 aliphatic rings. The van der Waals surface area contributed by atoms with Crippen LogP contribution in [0.25, 0.3) is 5.57 Å². The molecule has 4 nitrogen and oxygen atoms in total. The number of allylic oxidation sites excluding steroid dienone is 4. The largest absolute Gasteiger partial charge is 0.399 e. The van der Waals surface area contributed by atoms with Crippen LogP contribution in [0, 0.1) is 0 Å². The van der Waals surface area contributed by atoms with Gasteiger partial charge in [0.05, 0.1) is 5.70 Å². The van der Waals surface area contributed by atoms with Gasteiger partial charge in [-0.15, -0.1) is 0 Å². The van der Waals surface area contributed by atoms with Gasteiger partial charge in [0, 0.05) is 11.3 Å². The second-order valence-corrected chi connectivity index (χ2v) is 3.48. The summed E-state index contributed by atoms with van der Waals surface area (Å²) in [5, 5.41) is 0. The Morgan fingerprint density at radius 1 is 0.812 bits per heavy atom. The molecule has 0 aromatic heterocycles. The van der Waals surface area contributed by atoms with Crippen LogP contribution in [0.3, 0.4) is 0 Å². The van der Waals surface area contributed by atoms with E-state index in [0.29, 0.717) is 16.8 Å². The average Bonchev–Trinajstić information content (AvgIpc) is 2.28. The lowest BCUT2D eigenvalue weighted by Crippen LogP contribution is -2.24. The standard InChI is InChI=1S/C12H10N2O2/c13-8-3-1-7(2-4-8)9-5-6-10(14)12(16)11(9)15/h1-6H,13-14H2. The molecule has 0 aliphatic heterocycles. The molecular formula is C12H10N2O2. The van der Waals surface area contributed by atoms with E-state index in [2.05, 4.69) is 0 Å². The number of hydrogen-bond donors (Lipinski definition) is 2. The molecule has 0 unspecified atom stereocenters. The van der Waals surface area contributed by atoms with Crippen molar-refractivity contribution < 1.29 is 9.59 Å². The fourth-order valence-electron chi connectivity index (χ4n) is 1.47. The van der Waals surface area contributed by atoms with Gasteiger partial charge in [0.15, 0.2) is 0 Å². The zero-order chi connectivity index (χ0) is 11.7. The van der Waals surface area contributed by atoms with Crippen LogP contribution in [-0.4, -0.2) is 11.6 Å². The summed E-state index contributed by atoms with van der Waals surface area (Å²) in [5.41, 5.74) is 12.5. The van der Waals surface area contributed by atoms with Gasteiger partial charge in [-0.3, -0.25) is 9.59 Å². The van der Waals surface area contributed by atoms with Gasteiger partial charge in [-0.2, -0.15) is 0 Å². The van der Waals surface area contributed by atoms with Crippen molar-refractivity contribution in [3.63, 3.8) is 0 Å². The number of hydrogen-bond acceptors (Lipinski definition) is 4. The van der Waals surface area contributed by atoms with Crippen molar-refractivity contribution in [2.75, 3.05) is 5.73 Å². The lowest BCUT2D eigenvalue weighted by Gasteiger charge is -2.10. The number of carbonyl (C=O) groups excluding carboxylic acids is 2. The molecule has 16 heavy (non-hydrogen) atoms. The molecular weight excluding hydrogens is 204 g/mol. The maximum Gasteiger partial charge on any atom is 0.249 e. The second kappa shape index (κ2) is 3.66. The summed E-state index contributed by atoms with van der Waals surface area (Å²) in [4.78, 5) is 23.0. The summed E-state index contributed by atoms with van der Waals surface area (Å²) in [6.45, 7) is 0. The predicted molar refractivity (Wildman–Crippen MR) is 61.1 cm³/mol. The van der Waals surface area contributed by atoms with Crippen molar-refractivity contribution in [2.45, 2.75) is 0 Å². The minimum absolute atomic E-state index is 0.0239. The average molecular weight is 214 g/mol. The highest BCUT2D eigenvalue weighted by Gasteiger charge is 2.24. The van der Waals surface area contributed by atoms with E-state index in [1.807, 2.05) is 0 Å². The monoisotopic (exact) mass is 214 g/mol. The lowest BCUT2D eigenvalue weighted by atomic mass is 9.94. The van der Waals surface area contributed by atoms with Crippen LogP contribution in [0.5, 0.6) is 0 Å². The third-order valence-corrected chi connectivity index (χ3v) is 2.36. The maximum atomic E-state index is 11.7. The number of rotatable bonds is 1. The van der Waals surface area contributed by atoms with Crippen molar-refractivity contribution in [3.8, 4) is 0 Å². The lowest BCUT2D eigenvalue weighted by molar-refractivity contribution is -0.131. The molecule has 1 aromatic rings.